The number of anilines is 2. The summed E-state index contributed by atoms with van der Waals surface area (Å²) < 4.78 is 108. The van der Waals surface area contributed by atoms with Crippen LogP contribution in [0.2, 0.25) is 0 Å². The number of benzene rings is 2. The molecule has 3 rings (SSSR count). The minimum absolute atomic E-state index is 0.000496. The summed E-state index contributed by atoms with van der Waals surface area (Å²) in [5.74, 6) is -1.79. The van der Waals surface area contributed by atoms with Crippen LogP contribution in [0.25, 0.3) is 0 Å². The summed E-state index contributed by atoms with van der Waals surface area (Å²) in [5.41, 5.74) is -0.388. The van der Waals surface area contributed by atoms with E-state index in [4.69, 9.17) is 0 Å². The van der Waals surface area contributed by atoms with Gasteiger partial charge in [0.05, 0.1) is 17.7 Å². The van der Waals surface area contributed by atoms with Gasteiger partial charge < -0.3 is 4.90 Å². The molecule has 0 aromatic heterocycles. The summed E-state index contributed by atoms with van der Waals surface area (Å²) in [5, 5.41) is 0. The lowest BCUT2D eigenvalue weighted by atomic mass is 10.0. The van der Waals surface area contributed by atoms with Gasteiger partial charge in [-0.1, -0.05) is 36.4 Å². The van der Waals surface area contributed by atoms with E-state index in [1.54, 1.807) is 23.1 Å². The van der Waals surface area contributed by atoms with Crippen molar-refractivity contribution in [1.82, 2.24) is 4.72 Å². The first-order chi connectivity index (χ1) is 16.2. The van der Waals surface area contributed by atoms with E-state index in [1.807, 2.05) is 0 Å². The molecule has 0 bridgehead atoms. The SMILES string of the molecule is Cc1ccc(N2CCC(NS(C)(=O)=O)CC2)c(N(CC(F)(F)F)S(=O)(=O)Cc2ccccc2)c1F. The molecule has 2 aromatic carbocycles. The number of hydrogen-bond donors (Lipinski definition) is 1. The van der Waals surface area contributed by atoms with Crippen molar-refractivity contribution >= 4 is 31.4 Å². The Bertz CT molecular complexity index is 1250. The normalized spacial score (nSPS) is 15.9. The Morgan fingerprint density at radius 2 is 1.63 bits per heavy atom. The van der Waals surface area contributed by atoms with Gasteiger partial charge in [0.1, 0.15) is 12.2 Å². The van der Waals surface area contributed by atoms with Crippen LogP contribution in [0, 0.1) is 12.7 Å². The highest BCUT2D eigenvalue weighted by molar-refractivity contribution is 7.92. The Kier molecular flexibility index (Phi) is 8.02. The van der Waals surface area contributed by atoms with Crippen LogP contribution < -0.4 is 13.9 Å². The fourth-order valence-electron chi connectivity index (χ4n) is 4.03. The molecule has 35 heavy (non-hydrogen) atoms. The van der Waals surface area contributed by atoms with Gasteiger partial charge in [0.15, 0.2) is 5.82 Å². The van der Waals surface area contributed by atoms with Crippen molar-refractivity contribution in [2.75, 3.05) is 35.1 Å². The molecule has 194 valence electrons. The van der Waals surface area contributed by atoms with Gasteiger partial charge in [0.2, 0.25) is 20.0 Å². The van der Waals surface area contributed by atoms with Gasteiger partial charge in [-0.05, 0) is 37.0 Å². The van der Waals surface area contributed by atoms with E-state index < -0.39 is 50.0 Å². The largest absolute Gasteiger partial charge is 0.407 e. The molecule has 0 radical (unpaired) electrons. The minimum atomic E-state index is -4.93. The standard InChI is InChI=1S/C22H27F4N3O4S2/c1-16-8-9-19(28-12-10-18(11-13-28)27-34(2,30)31)21(20(16)23)29(15-22(24,25)26)35(32,33)14-17-6-4-3-5-7-17/h3-9,18,27H,10-15H2,1-2H3. The van der Waals surface area contributed by atoms with Crippen LogP contribution in [0.5, 0.6) is 0 Å². The number of piperidine rings is 1. The Morgan fingerprint density at radius 3 is 2.17 bits per heavy atom. The number of nitrogens with zero attached hydrogens (tertiary/aromatic N) is 2. The van der Waals surface area contributed by atoms with Crippen LogP contribution in [-0.4, -0.2) is 54.9 Å². The van der Waals surface area contributed by atoms with E-state index in [-0.39, 0.29) is 40.3 Å². The third-order valence-corrected chi connectivity index (χ3v) is 8.05. The van der Waals surface area contributed by atoms with Gasteiger partial charge in [-0.15, -0.1) is 0 Å². The first-order valence-corrected chi connectivity index (χ1v) is 14.3. The zero-order chi connectivity index (χ0) is 26.0. The maximum atomic E-state index is 15.4. The van der Waals surface area contributed by atoms with Gasteiger partial charge in [-0.2, -0.15) is 13.2 Å². The zero-order valence-corrected chi connectivity index (χ0v) is 20.9. The molecular weight excluding hydrogens is 510 g/mol. The third-order valence-electron chi connectivity index (χ3n) is 5.60. The van der Waals surface area contributed by atoms with Crippen LogP contribution in [0.15, 0.2) is 42.5 Å². The van der Waals surface area contributed by atoms with Crippen molar-refractivity contribution in [1.29, 1.82) is 0 Å². The maximum Gasteiger partial charge on any atom is 0.407 e. The fourth-order valence-corrected chi connectivity index (χ4v) is 6.44. The predicted octanol–water partition coefficient (Wildman–Crippen LogP) is 3.55. The summed E-state index contributed by atoms with van der Waals surface area (Å²) in [6.07, 6.45) is -3.26. The van der Waals surface area contributed by atoms with E-state index in [0.717, 1.165) is 6.26 Å². The molecule has 0 saturated carbocycles. The second-order valence-corrected chi connectivity index (χ2v) is 12.3. The molecule has 1 aliphatic heterocycles. The quantitative estimate of drug-likeness (QED) is 0.521. The van der Waals surface area contributed by atoms with E-state index in [0.29, 0.717) is 12.8 Å². The highest BCUT2D eigenvalue weighted by atomic mass is 32.2. The van der Waals surface area contributed by atoms with Gasteiger partial charge in [0.25, 0.3) is 0 Å². The molecule has 13 heteroatoms. The number of sulfonamides is 2. The van der Waals surface area contributed by atoms with Crippen LogP contribution >= 0.6 is 0 Å². The van der Waals surface area contributed by atoms with E-state index in [9.17, 15) is 30.0 Å². The predicted molar refractivity (Wildman–Crippen MR) is 127 cm³/mol. The number of rotatable bonds is 8. The number of halogens is 4. The minimum Gasteiger partial charge on any atom is -0.370 e. The van der Waals surface area contributed by atoms with Crippen molar-refractivity contribution < 1.29 is 34.4 Å². The third kappa shape index (κ3) is 7.31. The second-order valence-electron chi connectivity index (χ2n) is 8.58. The first kappa shape index (κ1) is 27.2. The molecule has 7 nitrogen and oxygen atoms in total. The lowest BCUT2D eigenvalue weighted by Crippen LogP contribution is -2.46. The number of alkyl halides is 3. The average molecular weight is 538 g/mol. The molecule has 1 N–H and O–H groups in total. The molecule has 2 aromatic rings. The van der Waals surface area contributed by atoms with Crippen molar-refractivity contribution in [3.63, 3.8) is 0 Å². The second kappa shape index (κ2) is 10.3. The van der Waals surface area contributed by atoms with E-state index >= 15 is 4.39 Å². The highest BCUT2D eigenvalue weighted by Crippen LogP contribution is 2.39. The fraction of sp³-hybridized carbons (Fsp3) is 0.455. The van der Waals surface area contributed by atoms with Crippen LogP contribution in [0.4, 0.5) is 28.9 Å². The monoisotopic (exact) mass is 537 g/mol. The molecule has 0 atom stereocenters. The molecule has 1 saturated heterocycles. The average Bonchev–Trinajstić information content (AvgIpc) is 2.73. The Balaban J connectivity index is 2.03. The number of aryl methyl sites for hydroxylation is 1. The Morgan fingerprint density at radius 1 is 1.03 bits per heavy atom. The molecule has 1 fully saturated rings. The zero-order valence-electron chi connectivity index (χ0n) is 19.2. The number of nitrogens with one attached hydrogen (secondary N) is 1. The Labute approximate surface area is 202 Å². The maximum absolute atomic E-state index is 15.4. The summed E-state index contributed by atoms with van der Waals surface area (Å²) in [6, 6.07) is 10.1. The molecule has 0 unspecified atom stereocenters. The number of hydrogen-bond acceptors (Lipinski definition) is 5. The molecule has 0 aliphatic carbocycles. The molecule has 0 spiro atoms. The lowest BCUT2D eigenvalue weighted by Gasteiger charge is -2.37. The van der Waals surface area contributed by atoms with Crippen LogP contribution in [0.3, 0.4) is 0 Å². The Hall–Kier alpha value is -2.38. The first-order valence-electron chi connectivity index (χ1n) is 10.8. The molecule has 1 aliphatic rings. The van der Waals surface area contributed by atoms with Crippen molar-refractivity contribution in [3.8, 4) is 0 Å². The molecule has 1 heterocycles. The van der Waals surface area contributed by atoms with E-state index in [1.165, 1.54) is 31.2 Å². The van der Waals surface area contributed by atoms with Crippen molar-refractivity contribution in [3.05, 3.63) is 59.4 Å². The topological polar surface area (TPSA) is 86.8 Å². The van der Waals surface area contributed by atoms with Crippen LogP contribution in [0.1, 0.15) is 24.0 Å². The lowest BCUT2D eigenvalue weighted by molar-refractivity contribution is -0.117. The van der Waals surface area contributed by atoms with Gasteiger partial charge in [0, 0.05) is 19.1 Å². The summed E-state index contributed by atoms with van der Waals surface area (Å²) >= 11 is 0. The summed E-state index contributed by atoms with van der Waals surface area (Å²) in [4.78, 5) is 1.58. The molecular formula is C22H27F4N3O4S2. The van der Waals surface area contributed by atoms with Gasteiger partial charge in [-0.25, -0.2) is 25.9 Å². The van der Waals surface area contributed by atoms with Crippen molar-refractivity contribution in [2.45, 2.75) is 37.7 Å². The summed E-state index contributed by atoms with van der Waals surface area (Å²) in [6.45, 7) is -0.148. The van der Waals surface area contributed by atoms with Crippen LogP contribution in [-0.2, 0) is 25.8 Å². The highest BCUT2D eigenvalue weighted by Gasteiger charge is 2.40. The summed E-state index contributed by atoms with van der Waals surface area (Å²) in [7, 11) is -8.09. The van der Waals surface area contributed by atoms with E-state index in [2.05, 4.69) is 4.72 Å². The van der Waals surface area contributed by atoms with Crippen molar-refractivity contribution in [2.24, 2.45) is 0 Å². The van der Waals surface area contributed by atoms with Gasteiger partial charge >= 0.3 is 6.18 Å². The van der Waals surface area contributed by atoms with Gasteiger partial charge in [-0.3, -0.25) is 4.31 Å². The molecule has 0 amide bonds. The smallest absolute Gasteiger partial charge is 0.370 e.